The van der Waals surface area contributed by atoms with Gasteiger partial charge in [0.15, 0.2) is 5.79 Å². The van der Waals surface area contributed by atoms with Crippen LogP contribution in [0.2, 0.25) is 0 Å². The van der Waals surface area contributed by atoms with Crippen molar-refractivity contribution in [3.05, 3.63) is 0 Å². The molecule has 0 spiro atoms. The molecule has 0 aromatic rings. The summed E-state index contributed by atoms with van der Waals surface area (Å²) in [6.07, 6.45) is 1.36. The lowest BCUT2D eigenvalue weighted by molar-refractivity contribution is -0.253. The second-order valence-electron chi connectivity index (χ2n) is 4.86. The van der Waals surface area contributed by atoms with Crippen LogP contribution in [0.3, 0.4) is 0 Å². The van der Waals surface area contributed by atoms with Gasteiger partial charge in [-0.25, -0.2) is 0 Å². The fourth-order valence-corrected chi connectivity index (χ4v) is 3.17. The summed E-state index contributed by atoms with van der Waals surface area (Å²) in [4.78, 5) is 0. The van der Waals surface area contributed by atoms with Crippen LogP contribution in [0.1, 0.15) is 20.3 Å². The Morgan fingerprint density at radius 1 is 1.33 bits per heavy atom. The third-order valence-electron chi connectivity index (χ3n) is 2.98. The zero-order valence-electron chi connectivity index (χ0n) is 9.62. The largest absolute Gasteiger partial charge is 0.349 e. The van der Waals surface area contributed by atoms with Crippen LogP contribution in [0, 0.1) is 5.92 Å². The van der Waals surface area contributed by atoms with E-state index in [0.717, 1.165) is 25.7 Å². The van der Waals surface area contributed by atoms with E-state index in [1.807, 2.05) is 13.8 Å². The highest BCUT2D eigenvalue weighted by Gasteiger charge is 2.28. The maximum atomic E-state index is 5.60. The topological polar surface area (TPSA) is 30.5 Å². The molecule has 4 heteroatoms. The Bertz CT molecular complexity index is 195. The zero-order valence-corrected chi connectivity index (χ0v) is 10.4. The van der Waals surface area contributed by atoms with Crippen LogP contribution in [-0.2, 0) is 9.47 Å². The smallest absolute Gasteiger partial charge is 0.162 e. The number of thioether (sulfide) groups is 1. The second kappa shape index (κ2) is 5.04. The third kappa shape index (κ3) is 3.63. The summed E-state index contributed by atoms with van der Waals surface area (Å²) >= 11 is 2.07. The molecule has 1 N–H and O–H groups in total. The molecule has 15 heavy (non-hydrogen) atoms. The summed E-state index contributed by atoms with van der Waals surface area (Å²) in [5, 5.41) is 3.54. The molecule has 1 unspecified atom stereocenters. The van der Waals surface area contributed by atoms with Crippen molar-refractivity contribution in [3.8, 4) is 0 Å². The van der Waals surface area contributed by atoms with Gasteiger partial charge in [0, 0.05) is 0 Å². The maximum Gasteiger partial charge on any atom is 0.162 e. The maximum absolute atomic E-state index is 5.60. The Hall–Kier alpha value is 0.230. The lowest BCUT2D eigenvalue weighted by atomic mass is 10.1. The molecule has 2 saturated heterocycles. The minimum atomic E-state index is -0.388. The van der Waals surface area contributed by atoms with Crippen LogP contribution < -0.4 is 5.32 Å². The Kier molecular flexibility index (Phi) is 3.93. The summed E-state index contributed by atoms with van der Waals surface area (Å²) in [5.74, 6) is 3.11. The van der Waals surface area contributed by atoms with Gasteiger partial charge in [0.05, 0.1) is 19.3 Å². The molecule has 2 aliphatic heterocycles. The van der Waals surface area contributed by atoms with E-state index in [9.17, 15) is 0 Å². The summed E-state index contributed by atoms with van der Waals surface area (Å²) < 4.78 is 11.2. The molecule has 3 nitrogen and oxygen atoms in total. The van der Waals surface area contributed by atoms with E-state index < -0.39 is 0 Å². The first-order valence-corrected chi connectivity index (χ1v) is 6.90. The van der Waals surface area contributed by atoms with Crippen molar-refractivity contribution in [2.24, 2.45) is 5.92 Å². The van der Waals surface area contributed by atoms with Crippen LogP contribution in [-0.4, -0.2) is 43.1 Å². The lowest BCUT2D eigenvalue weighted by Crippen LogP contribution is -2.49. The summed E-state index contributed by atoms with van der Waals surface area (Å²) in [7, 11) is 0. The van der Waals surface area contributed by atoms with E-state index in [4.69, 9.17) is 9.47 Å². The molecule has 0 amide bonds. The Balaban J connectivity index is 1.64. The molecule has 0 aliphatic carbocycles. The van der Waals surface area contributed by atoms with Gasteiger partial charge in [-0.05, 0) is 44.2 Å². The van der Waals surface area contributed by atoms with Crippen molar-refractivity contribution in [3.63, 3.8) is 0 Å². The van der Waals surface area contributed by atoms with E-state index in [2.05, 4.69) is 17.1 Å². The summed E-state index contributed by atoms with van der Waals surface area (Å²) in [6.45, 7) is 6.60. The predicted molar refractivity (Wildman–Crippen MR) is 63.2 cm³/mol. The molecule has 0 aromatic carbocycles. The molecule has 0 saturated carbocycles. The minimum absolute atomic E-state index is 0.378. The predicted octanol–water partition coefficient (Wildman–Crippen LogP) is 1.48. The third-order valence-corrected chi connectivity index (χ3v) is 4.21. The van der Waals surface area contributed by atoms with Gasteiger partial charge >= 0.3 is 0 Å². The van der Waals surface area contributed by atoms with Crippen molar-refractivity contribution in [2.75, 3.05) is 31.3 Å². The van der Waals surface area contributed by atoms with Gasteiger partial charge in [-0.2, -0.15) is 11.8 Å². The number of hydrogen-bond donors (Lipinski definition) is 1. The van der Waals surface area contributed by atoms with E-state index in [1.165, 1.54) is 17.9 Å². The first-order valence-electron chi connectivity index (χ1n) is 5.75. The van der Waals surface area contributed by atoms with Gasteiger partial charge in [0.25, 0.3) is 0 Å². The van der Waals surface area contributed by atoms with Crippen molar-refractivity contribution < 1.29 is 9.47 Å². The highest BCUT2D eigenvalue weighted by Crippen LogP contribution is 2.23. The van der Waals surface area contributed by atoms with E-state index >= 15 is 0 Å². The Labute approximate surface area is 96.3 Å². The monoisotopic (exact) mass is 231 g/mol. The molecule has 2 heterocycles. The Morgan fingerprint density at radius 3 is 2.67 bits per heavy atom. The average molecular weight is 231 g/mol. The van der Waals surface area contributed by atoms with Gasteiger partial charge < -0.3 is 14.8 Å². The highest BCUT2D eigenvalue weighted by atomic mass is 32.2. The first-order chi connectivity index (χ1) is 7.16. The molecule has 2 rings (SSSR count). The number of rotatable bonds is 3. The summed E-state index contributed by atoms with van der Waals surface area (Å²) in [6, 6.07) is 0.378. The van der Waals surface area contributed by atoms with Crippen LogP contribution in [0.5, 0.6) is 0 Å². The fourth-order valence-electron chi connectivity index (χ4n) is 1.89. The average Bonchev–Trinajstić information content (AvgIpc) is 2.69. The molecule has 0 bridgehead atoms. The van der Waals surface area contributed by atoms with Crippen LogP contribution >= 0.6 is 11.8 Å². The van der Waals surface area contributed by atoms with E-state index in [0.29, 0.717) is 6.04 Å². The van der Waals surface area contributed by atoms with Gasteiger partial charge in [0.2, 0.25) is 0 Å². The van der Waals surface area contributed by atoms with Crippen LogP contribution in [0.4, 0.5) is 0 Å². The van der Waals surface area contributed by atoms with Gasteiger partial charge in [-0.1, -0.05) is 0 Å². The molecule has 1 atom stereocenters. The normalized spacial score (nSPS) is 32.0. The van der Waals surface area contributed by atoms with Crippen LogP contribution in [0.25, 0.3) is 0 Å². The van der Waals surface area contributed by atoms with Gasteiger partial charge in [0.1, 0.15) is 0 Å². The molecule has 0 radical (unpaired) electrons. The van der Waals surface area contributed by atoms with Crippen molar-refractivity contribution in [2.45, 2.75) is 32.1 Å². The number of nitrogens with one attached hydrogen (secondary N) is 1. The quantitative estimate of drug-likeness (QED) is 0.797. The van der Waals surface area contributed by atoms with Crippen molar-refractivity contribution in [1.82, 2.24) is 5.32 Å². The molecular weight excluding hydrogens is 210 g/mol. The minimum Gasteiger partial charge on any atom is -0.349 e. The zero-order chi connectivity index (χ0) is 10.7. The van der Waals surface area contributed by atoms with E-state index in [-0.39, 0.29) is 5.79 Å². The van der Waals surface area contributed by atoms with E-state index in [1.54, 1.807) is 0 Å². The lowest BCUT2D eigenvalue weighted by Gasteiger charge is -2.35. The standard InChI is InChI=1S/C11H21NO2S/c1-11(2)13-6-10(7-14-11)12-5-9-3-4-15-8-9/h9-10,12H,3-8H2,1-2H3. The number of hydrogen-bond acceptors (Lipinski definition) is 4. The SMILES string of the molecule is CC1(C)OCC(NCC2CCSC2)CO1. The van der Waals surface area contributed by atoms with Gasteiger partial charge in [-0.15, -0.1) is 0 Å². The molecular formula is C11H21NO2S. The fraction of sp³-hybridized carbons (Fsp3) is 1.00. The van der Waals surface area contributed by atoms with Crippen molar-refractivity contribution in [1.29, 1.82) is 0 Å². The summed E-state index contributed by atoms with van der Waals surface area (Å²) in [5.41, 5.74) is 0. The first kappa shape index (κ1) is 11.7. The van der Waals surface area contributed by atoms with Gasteiger partial charge in [-0.3, -0.25) is 0 Å². The highest BCUT2D eigenvalue weighted by molar-refractivity contribution is 7.99. The second-order valence-corrected chi connectivity index (χ2v) is 6.01. The molecule has 2 fully saturated rings. The molecule has 2 aliphatic rings. The molecule has 88 valence electrons. The Morgan fingerprint density at radius 2 is 2.07 bits per heavy atom. The molecule has 0 aromatic heterocycles. The van der Waals surface area contributed by atoms with Crippen LogP contribution in [0.15, 0.2) is 0 Å². The number of ether oxygens (including phenoxy) is 2. The van der Waals surface area contributed by atoms with Crippen molar-refractivity contribution >= 4 is 11.8 Å².